The van der Waals surface area contributed by atoms with Gasteiger partial charge in [-0.15, -0.1) is 0 Å². The molecule has 2 aliphatic carbocycles. The Hall–Kier alpha value is -6.08. The van der Waals surface area contributed by atoms with Crippen LogP contribution < -0.4 is 15.8 Å². The minimum Gasteiger partial charge on any atom is -0.508 e. The molecule has 0 amide bonds. The largest absolute Gasteiger partial charge is 0.508 e. The first-order valence-corrected chi connectivity index (χ1v) is 26.4. The van der Waals surface area contributed by atoms with Crippen molar-refractivity contribution in [2.24, 2.45) is 17.6 Å². The van der Waals surface area contributed by atoms with Crippen molar-refractivity contribution in [3.63, 3.8) is 0 Å². The summed E-state index contributed by atoms with van der Waals surface area (Å²) in [7, 11) is 0. The Morgan fingerprint density at radius 1 is 0.806 bits per heavy atom. The third-order valence-corrected chi connectivity index (χ3v) is 16.7. The third-order valence-electron chi connectivity index (χ3n) is 16.7. The molecule has 6 aliphatic rings. The molecule has 11 nitrogen and oxygen atoms in total. The van der Waals surface area contributed by atoms with Crippen LogP contribution in [0.25, 0.3) is 16.6 Å². The van der Waals surface area contributed by atoms with Crippen LogP contribution in [0.4, 0.5) is 0 Å². The zero-order chi connectivity index (χ0) is 49.3. The van der Waals surface area contributed by atoms with E-state index in [0.29, 0.717) is 69.2 Å². The number of fused-ring (bicyclic) bond motifs is 9. The number of dihydropyridines is 1. The van der Waals surface area contributed by atoms with E-state index in [-0.39, 0.29) is 47.9 Å². The molecule has 376 valence electrons. The van der Waals surface area contributed by atoms with E-state index in [9.17, 15) is 25.5 Å². The quantitative estimate of drug-likeness (QED) is 0.0620. The van der Waals surface area contributed by atoms with Crippen molar-refractivity contribution in [1.29, 1.82) is 0 Å². The number of nitrogens with two attached hydrogens (primary N) is 1. The molecule has 8 N–H and O–H groups in total. The molecule has 4 aliphatic heterocycles. The van der Waals surface area contributed by atoms with Gasteiger partial charge in [0.05, 0.1) is 38.2 Å². The molecule has 0 saturated carbocycles. The van der Waals surface area contributed by atoms with E-state index in [1.807, 2.05) is 24.3 Å². The summed E-state index contributed by atoms with van der Waals surface area (Å²) >= 11 is 0. The number of unbranched alkanes of at least 4 members (excludes halogenated alkanes) is 3. The highest BCUT2D eigenvalue weighted by atomic mass is 16.5. The standard InChI is InChI=1S/C61H69N3O8/c62-58-21-17-42-35-71-50(12-4-2-1-3-8-38-14-20-55(67)43(24-38)25-39-9-7-11-49(66)26-39)31-56(68)41-16-19-51-52(29-41)45(34-65)30-57(69)59(51)72-36-46-28-48(27-44-32-64(33-53(44)46)60(42)63-58)61-22-23-70-37-47(61)18-15-40-10-5-6-13-54(40)61/h5-7,9-11,13-14,17,20-21,24,26-28,30,32-33,41,47,50,56,58,63,65-69H,1-4,8,12,15-16,18-19,22-23,25,29,31,34-37,62H2. The Kier molecular flexibility index (Phi) is 13.9. The van der Waals surface area contributed by atoms with E-state index in [1.54, 1.807) is 24.3 Å². The molecule has 5 heterocycles. The number of aromatic hydroxyl groups is 3. The monoisotopic (exact) mass is 972 g/mol. The fraction of sp³-hybridized carbons (Fsp3) is 0.410. The van der Waals surface area contributed by atoms with Crippen LogP contribution in [0, 0.1) is 11.8 Å². The maximum absolute atomic E-state index is 12.1. The zero-order valence-corrected chi connectivity index (χ0v) is 41.2. The van der Waals surface area contributed by atoms with Gasteiger partial charge < -0.3 is 55.4 Å². The molecule has 0 spiro atoms. The number of nitrogens with one attached hydrogen (secondary N) is 1. The van der Waals surface area contributed by atoms with Crippen LogP contribution >= 0.6 is 0 Å². The van der Waals surface area contributed by atoms with Gasteiger partial charge in [0.2, 0.25) is 0 Å². The minimum atomic E-state index is -0.641. The van der Waals surface area contributed by atoms with Gasteiger partial charge in [0.25, 0.3) is 0 Å². The molecule has 6 aromatic rings. The number of aliphatic hydroxyl groups excluding tert-OH is 2. The molecule has 1 fully saturated rings. The van der Waals surface area contributed by atoms with E-state index in [1.165, 1.54) is 22.3 Å². The van der Waals surface area contributed by atoms with Crippen molar-refractivity contribution < 1.29 is 39.7 Å². The molecule has 72 heavy (non-hydrogen) atoms. The number of rotatable bonds is 11. The molecular weight excluding hydrogens is 903 g/mol. The number of aryl methyl sites for hydroxylation is 2. The average molecular weight is 972 g/mol. The van der Waals surface area contributed by atoms with Crippen LogP contribution in [0.1, 0.15) is 113 Å². The number of hydrogen-bond acceptors (Lipinski definition) is 10. The molecule has 5 aromatic carbocycles. The van der Waals surface area contributed by atoms with Gasteiger partial charge in [-0.2, -0.15) is 0 Å². The van der Waals surface area contributed by atoms with Gasteiger partial charge in [-0.1, -0.05) is 79.9 Å². The summed E-state index contributed by atoms with van der Waals surface area (Å²) in [6.07, 6.45) is 18.7. The van der Waals surface area contributed by atoms with Gasteiger partial charge in [0.15, 0.2) is 11.5 Å². The normalized spacial score (nSPS) is 24.0. The number of phenols is 3. The second kappa shape index (κ2) is 20.8. The number of aromatic nitrogens is 1. The van der Waals surface area contributed by atoms with Crippen LogP contribution in [0.3, 0.4) is 0 Å². The maximum Gasteiger partial charge on any atom is 0.164 e. The summed E-state index contributed by atoms with van der Waals surface area (Å²) in [5.74, 6) is 2.06. The van der Waals surface area contributed by atoms with Gasteiger partial charge >= 0.3 is 0 Å². The average Bonchev–Trinajstić information content (AvgIpc) is 3.83. The number of hydrogen-bond donors (Lipinski definition) is 7. The molecule has 6 atom stereocenters. The fourth-order valence-corrected chi connectivity index (χ4v) is 12.9. The highest BCUT2D eigenvalue weighted by Crippen LogP contribution is 2.52. The number of nitrogens with zero attached hydrogens (tertiary/aromatic N) is 1. The lowest BCUT2D eigenvalue weighted by atomic mass is 9.57. The molecule has 6 bridgehead atoms. The topological polar surface area (TPSA) is 172 Å². The molecule has 6 unspecified atom stereocenters. The molecule has 1 aromatic heterocycles. The fourth-order valence-electron chi connectivity index (χ4n) is 12.9. The lowest BCUT2D eigenvalue weighted by Crippen LogP contribution is -2.47. The number of benzene rings is 5. The van der Waals surface area contributed by atoms with E-state index in [2.05, 4.69) is 70.8 Å². The molecule has 12 rings (SSSR count). The van der Waals surface area contributed by atoms with Gasteiger partial charge in [0, 0.05) is 52.7 Å². The van der Waals surface area contributed by atoms with Crippen LogP contribution in [0.2, 0.25) is 0 Å². The SMILES string of the molecule is NC1C=CC2=C(N1)n1cc3cc(C45CCOCC4CCc4ccccc45)cc(c3c1)COc1c(O)cc(CO)c3c1CCC(C3)C(O)CC(CCCCCCc1ccc(O)c(Cc3cccc(O)c3)c1)OC2. The van der Waals surface area contributed by atoms with Crippen molar-refractivity contribution in [2.75, 3.05) is 19.8 Å². The second-order valence-corrected chi connectivity index (χ2v) is 21.2. The van der Waals surface area contributed by atoms with Crippen molar-refractivity contribution >= 4 is 16.6 Å². The Morgan fingerprint density at radius 3 is 2.58 bits per heavy atom. The summed E-state index contributed by atoms with van der Waals surface area (Å²) in [4.78, 5) is 0. The Morgan fingerprint density at radius 2 is 1.69 bits per heavy atom. The lowest BCUT2D eigenvalue weighted by Gasteiger charge is -2.49. The van der Waals surface area contributed by atoms with Crippen molar-refractivity contribution in [2.45, 2.75) is 127 Å². The van der Waals surface area contributed by atoms with Gasteiger partial charge in [-0.05, 0) is 163 Å². The lowest BCUT2D eigenvalue weighted by molar-refractivity contribution is -0.00205. The van der Waals surface area contributed by atoms with E-state index >= 15 is 0 Å². The molecule has 11 heteroatoms. The van der Waals surface area contributed by atoms with Gasteiger partial charge in [-0.3, -0.25) is 0 Å². The van der Waals surface area contributed by atoms with Crippen LogP contribution in [0.5, 0.6) is 23.0 Å². The van der Waals surface area contributed by atoms with Gasteiger partial charge in [0.1, 0.15) is 23.9 Å². The van der Waals surface area contributed by atoms with E-state index < -0.39 is 12.3 Å². The predicted octanol–water partition coefficient (Wildman–Crippen LogP) is 9.75. The first-order chi connectivity index (χ1) is 35.1. The van der Waals surface area contributed by atoms with Crippen molar-refractivity contribution in [3.05, 3.63) is 171 Å². The smallest absolute Gasteiger partial charge is 0.164 e. The Labute approximate surface area is 422 Å². The van der Waals surface area contributed by atoms with Crippen LogP contribution in [-0.4, -0.2) is 68.3 Å². The first-order valence-electron chi connectivity index (χ1n) is 26.4. The maximum atomic E-state index is 12.1. The number of aliphatic hydroxyl groups is 2. The third kappa shape index (κ3) is 9.65. The van der Waals surface area contributed by atoms with Crippen LogP contribution in [0.15, 0.2) is 115 Å². The molecule has 1 saturated heterocycles. The second-order valence-electron chi connectivity index (χ2n) is 21.2. The van der Waals surface area contributed by atoms with Crippen molar-refractivity contribution in [3.8, 4) is 23.0 Å². The predicted molar refractivity (Wildman–Crippen MR) is 280 cm³/mol. The Bertz CT molecular complexity index is 3010. The summed E-state index contributed by atoms with van der Waals surface area (Å²) in [5, 5.41) is 60.6. The Balaban J connectivity index is 0.895. The summed E-state index contributed by atoms with van der Waals surface area (Å²) < 4.78 is 22.1. The molecule has 0 radical (unpaired) electrons. The first kappa shape index (κ1) is 48.2. The summed E-state index contributed by atoms with van der Waals surface area (Å²) in [5.41, 5.74) is 17.9. The van der Waals surface area contributed by atoms with Gasteiger partial charge in [-0.25, -0.2) is 0 Å². The number of ether oxygens (including phenoxy) is 3. The number of phenolic OH excluding ortho intramolecular Hbond substituents is 3. The minimum absolute atomic E-state index is 0.0219. The zero-order valence-electron chi connectivity index (χ0n) is 41.2. The summed E-state index contributed by atoms with van der Waals surface area (Å²) in [6.45, 7) is 1.73. The van der Waals surface area contributed by atoms with Crippen LogP contribution in [-0.2, 0) is 60.2 Å². The highest BCUT2D eigenvalue weighted by molar-refractivity contribution is 5.88. The highest BCUT2D eigenvalue weighted by Gasteiger charge is 2.47. The van der Waals surface area contributed by atoms with Crippen molar-refractivity contribution in [1.82, 2.24) is 9.88 Å². The summed E-state index contributed by atoms with van der Waals surface area (Å²) in [6, 6.07) is 28.3. The van der Waals surface area contributed by atoms with E-state index in [4.69, 9.17) is 19.9 Å². The molecular formula is C61H69N3O8. The van der Waals surface area contributed by atoms with E-state index in [0.717, 1.165) is 108 Å².